The van der Waals surface area contributed by atoms with Gasteiger partial charge in [-0.2, -0.15) is 9.50 Å². The Morgan fingerprint density at radius 3 is 2.64 bits per heavy atom. The van der Waals surface area contributed by atoms with Crippen molar-refractivity contribution in [3.63, 3.8) is 0 Å². The van der Waals surface area contributed by atoms with Crippen molar-refractivity contribution in [2.24, 2.45) is 17.4 Å². The maximum absolute atomic E-state index is 12.2. The van der Waals surface area contributed by atoms with Gasteiger partial charge in [0, 0.05) is 30.9 Å². The van der Waals surface area contributed by atoms with E-state index in [4.69, 9.17) is 0 Å². The van der Waals surface area contributed by atoms with Crippen LogP contribution in [0.15, 0.2) is 9.00 Å². The highest BCUT2D eigenvalue weighted by Crippen LogP contribution is 2.30. The van der Waals surface area contributed by atoms with Crippen LogP contribution in [0.5, 0.6) is 0 Å². The van der Waals surface area contributed by atoms with Gasteiger partial charge in [0.1, 0.15) is 15.6 Å². The molecule has 0 amide bonds. The van der Waals surface area contributed by atoms with Crippen LogP contribution in [0, 0.1) is 12.8 Å². The van der Waals surface area contributed by atoms with Crippen molar-refractivity contribution in [3.05, 3.63) is 15.9 Å². The lowest BCUT2D eigenvalue weighted by Crippen LogP contribution is -2.35. The summed E-state index contributed by atoms with van der Waals surface area (Å²) in [5, 5.41) is 4.44. The highest BCUT2D eigenvalue weighted by Gasteiger charge is 2.30. The first-order valence-electron chi connectivity index (χ1n) is 8.87. The average molecular weight is 431 g/mol. The average Bonchev–Trinajstić information content (AvgIpc) is 3.06. The van der Waals surface area contributed by atoms with Crippen LogP contribution in [0.1, 0.15) is 58.2 Å². The molecule has 1 aromatic rings. The molecule has 5 nitrogen and oxygen atoms in total. The summed E-state index contributed by atoms with van der Waals surface area (Å²) in [5.74, 6) is 0.567. The molecular formula is C18H31BrN4OS. The van der Waals surface area contributed by atoms with E-state index in [0.29, 0.717) is 12.0 Å². The molecule has 3 unspecified atom stereocenters. The summed E-state index contributed by atoms with van der Waals surface area (Å²) in [5.41, 5.74) is 3.57. The van der Waals surface area contributed by atoms with Gasteiger partial charge in [-0.05, 0) is 82.8 Å². The van der Waals surface area contributed by atoms with Gasteiger partial charge in [0.15, 0.2) is 0 Å². The van der Waals surface area contributed by atoms with Gasteiger partial charge in [-0.1, -0.05) is 0 Å². The second kappa shape index (κ2) is 8.01. The first kappa shape index (κ1) is 20.8. The van der Waals surface area contributed by atoms with Crippen LogP contribution < -0.4 is 0 Å². The van der Waals surface area contributed by atoms with E-state index >= 15 is 0 Å². The summed E-state index contributed by atoms with van der Waals surface area (Å²) in [6, 6.07) is 0.448. The molecule has 1 aliphatic carbocycles. The van der Waals surface area contributed by atoms with E-state index in [-0.39, 0.29) is 4.75 Å². The lowest BCUT2D eigenvalue weighted by Gasteiger charge is -2.29. The van der Waals surface area contributed by atoms with Crippen LogP contribution in [-0.2, 0) is 24.6 Å². The summed E-state index contributed by atoms with van der Waals surface area (Å²) in [6.07, 6.45) is 3.06. The van der Waals surface area contributed by atoms with Gasteiger partial charge < -0.3 is 0 Å². The molecule has 0 saturated heterocycles. The molecule has 0 N–H and O–H groups in total. The molecule has 0 bridgehead atoms. The number of halogens is 1. The second-order valence-corrected chi connectivity index (χ2v) is 10.8. The molecule has 0 spiro atoms. The molecule has 142 valence electrons. The van der Waals surface area contributed by atoms with Crippen molar-refractivity contribution < 1.29 is 4.21 Å². The van der Waals surface area contributed by atoms with E-state index in [0.717, 1.165) is 36.1 Å². The Hall–Kier alpha value is -0.530. The van der Waals surface area contributed by atoms with Crippen LogP contribution in [0.2, 0.25) is 0 Å². The van der Waals surface area contributed by atoms with Crippen molar-refractivity contribution >= 4 is 32.6 Å². The minimum atomic E-state index is -1.14. The summed E-state index contributed by atoms with van der Waals surface area (Å²) in [6.45, 7) is 11.2. The monoisotopic (exact) mass is 430 g/mol. The molecule has 1 aromatic heterocycles. The Morgan fingerprint density at radius 2 is 2.12 bits per heavy atom. The van der Waals surface area contributed by atoms with Crippen LogP contribution >= 0.6 is 15.9 Å². The largest absolute Gasteiger partial charge is 0.298 e. The molecular weight excluding hydrogens is 400 g/mol. The van der Waals surface area contributed by atoms with Crippen LogP contribution in [0.3, 0.4) is 0 Å². The molecule has 1 heterocycles. The topological polar surface area (TPSA) is 50.5 Å². The normalized spacial score (nSPS) is 22.8. The summed E-state index contributed by atoms with van der Waals surface area (Å²) < 4.78 is 19.4. The number of aromatic nitrogens is 2. The zero-order valence-corrected chi connectivity index (χ0v) is 18.9. The molecule has 0 radical (unpaired) electrons. The van der Waals surface area contributed by atoms with Gasteiger partial charge in [0.2, 0.25) is 0 Å². The quantitative estimate of drug-likeness (QED) is 0.708. The first-order valence-corrected chi connectivity index (χ1v) is 10.8. The van der Waals surface area contributed by atoms with Gasteiger partial charge in [0.05, 0.1) is 10.4 Å². The molecule has 1 saturated carbocycles. The highest BCUT2D eigenvalue weighted by atomic mass is 79.9. The first-order chi connectivity index (χ1) is 11.5. The van der Waals surface area contributed by atoms with Gasteiger partial charge in [-0.15, -0.1) is 0 Å². The zero-order chi connectivity index (χ0) is 18.9. The van der Waals surface area contributed by atoms with Crippen LogP contribution in [-0.4, -0.2) is 42.4 Å². The third-order valence-corrected chi connectivity index (χ3v) is 7.41. The van der Waals surface area contributed by atoms with E-state index in [2.05, 4.69) is 51.2 Å². The molecule has 0 aromatic carbocycles. The van der Waals surface area contributed by atoms with Gasteiger partial charge in [0.25, 0.3) is 0 Å². The molecule has 2 rings (SSSR count). The number of hydrogen-bond donors (Lipinski definition) is 0. The SMILES string of the molecule is Cc1c(Br)nn(C)c1CN(C)C(C)C1CC/C(=N/S(=O)C(C)(C)C)C1. The van der Waals surface area contributed by atoms with Crippen molar-refractivity contribution in [1.29, 1.82) is 0 Å². The Morgan fingerprint density at radius 1 is 1.48 bits per heavy atom. The fourth-order valence-electron chi connectivity index (χ4n) is 3.20. The highest BCUT2D eigenvalue weighted by molar-refractivity contribution is 9.10. The molecule has 1 fully saturated rings. The predicted molar refractivity (Wildman–Crippen MR) is 109 cm³/mol. The minimum absolute atomic E-state index is 0.280. The third-order valence-electron chi connectivity index (χ3n) is 5.18. The fraction of sp³-hybridized carbons (Fsp3) is 0.778. The van der Waals surface area contributed by atoms with Crippen LogP contribution in [0.25, 0.3) is 0 Å². The standard InChI is InChI=1S/C18H31BrN4OS/c1-12-16(23(7)20-17(12)19)11-22(6)13(2)14-8-9-15(10-14)21-25(24)18(3,4)5/h13-14H,8-11H2,1-7H3/b21-15-. The van der Waals surface area contributed by atoms with E-state index in [1.54, 1.807) is 0 Å². The number of hydrogen-bond acceptors (Lipinski definition) is 3. The molecule has 3 atom stereocenters. The van der Waals surface area contributed by atoms with E-state index in [1.165, 1.54) is 11.3 Å². The molecule has 0 aliphatic heterocycles. The summed E-state index contributed by atoms with van der Waals surface area (Å²) >= 11 is 3.51. The maximum atomic E-state index is 12.2. The van der Waals surface area contributed by atoms with Gasteiger partial charge >= 0.3 is 0 Å². The lowest BCUT2D eigenvalue weighted by molar-refractivity contribution is 0.182. The summed E-state index contributed by atoms with van der Waals surface area (Å²) in [4.78, 5) is 2.39. The molecule has 1 aliphatic rings. The lowest BCUT2D eigenvalue weighted by atomic mass is 9.98. The van der Waals surface area contributed by atoms with Crippen molar-refractivity contribution in [2.45, 2.75) is 71.2 Å². The van der Waals surface area contributed by atoms with E-state index in [1.807, 2.05) is 32.5 Å². The fourth-order valence-corrected chi connectivity index (χ4v) is 4.34. The molecule has 7 heteroatoms. The van der Waals surface area contributed by atoms with Crippen molar-refractivity contribution in [2.75, 3.05) is 7.05 Å². The summed E-state index contributed by atoms with van der Waals surface area (Å²) in [7, 11) is 3.02. The Bertz CT molecular complexity index is 677. The van der Waals surface area contributed by atoms with E-state index < -0.39 is 11.0 Å². The number of aryl methyl sites for hydroxylation is 1. The Kier molecular flexibility index (Phi) is 6.65. The third kappa shape index (κ3) is 5.01. The Labute approximate surface area is 163 Å². The minimum Gasteiger partial charge on any atom is -0.298 e. The van der Waals surface area contributed by atoms with Crippen molar-refractivity contribution in [1.82, 2.24) is 14.7 Å². The predicted octanol–water partition coefficient (Wildman–Crippen LogP) is 4.01. The van der Waals surface area contributed by atoms with E-state index in [9.17, 15) is 4.21 Å². The van der Waals surface area contributed by atoms with Crippen LogP contribution in [0.4, 0.5) is 0 Å². The second-order valence-electron chi connectivity index (χ2n) is 8.16. The van der Waals surface area contributed by atoms with Gasteiger partial charge in [-0.3, -0.25) is 9.58 Å². The maximum Gasteiger partial charge on any atom is 0.144 e. The smallest absolute Gasteiger partial charge is 0.144 e. The van der Waals surface area contributed by atoms with Gasteiger partial charge in [-0.25, -0.2) is 4.21 Å². The number of nitrogens with zero attached hydrogens (tertiary/aromatic N) is 4. The Balaban J connectivity index is 2.00. The zero-order valence-electron chi connectivity index (χ0n) is 16.5. The van der Waals surface area contributed by atoms with Crippen molar-refractivity contribution in [3.8, 4) is 0 Å². The molecule has 25 heavy (non-hydrogen) atoms. The number of rotatable bonds is 5.